The van der Waals surface area contributed by atoms with Gasteiger partial charge in [0.05, 0.1) is 18.4 Å². The molecule has 0 aliphatic carbocycles. The third-order valence-electron chi connectivity index (χ3n) is 3.06. The Labute approximate surface area is 126 Å². The second-order valence-electron chi connectivity index (χ2n) is 4.44. The van der Waals surface area contributed by atoms with E-state index in [9.17, 15) is 14.4 Å². The molecule has 1 N–H and O–H groups in total. The normalized spacial score (nSPS) is 14.1. The van der Waals surface area contributed by atoms with Crippen LogP contribution < -0.4 is 5.32 Å². The highest BCUT2D eigenvalue weighted by Crippen LogP contribution is 2.18. The molecule has 112 valence electrons. The van der Waals surface area contributed by atoms with Crippen LogP contribution >= 0.6 is 11.8 Å². The number of ether oxygens (including phenoxy) is 1. The minimum Gasteiger partial charge on any atom is -0.465 e. The van der Waals surface area contributed by atoms with Crippen molar-refractivity contribution in [2.24, 2.45) is 0 Å². The molecule has 1 aliphatic heterocycles. The van der Waals surface area contributed by atoms with Gasteiger partial charge in [-0.25, -0.2) is 4.79 Å². The number of para-hydroxylation sites is 1. The SMILES string of the molecule is COC(=O)c1ccccc1NC(=O)CCN1CCSC1=O. The van der Waals surface area contributed by atoms with Gasteiger partial charge in [-0.3, -0.25) is 9.59 Å². The molecule has 1 heterocycles. The van der Waals surface area contributed by atoms with Crippen LogP contribution in [0.5, 0.6) is 0 Å². The first-order chi connectivity index (χ1) is 10.1. The van der Waals surface area contributed by atoms with Crippen molar-refractivity contribution in [2.45, 2.75) is 6.42 Å². The van der Waals surface area contributed by atoms with E-state index < -0.39 is 5.97 Å². The number of amides is 2. The van der Waals surface area contributed by atoms with E-state index in [1.54, 1.807) is 29.2 Å². The van der Waals surface area contributed by atoms with Crippen molar-refractivity contribution in [3.05, 3.63) is 29.8 Å². The highest BCUT2D eigenvalue weighted by atomic mass is 32.2. The summed E-state index contributed by atoms with van der Waals surface area (Å²) in [5.41, 5.74) is 0.720. The van der Waals surface area contributed by atoms with Gasteiger partial charge in [-0.05, 0) is 12.1 Å². The lowest BCUT2D eigenvalue weighted by atomic mass is 10.1. The second-order valence-corrected chi connectivity index (χ2v) is 5.48. The Kier molecular flexibility index (Phi) is 5.21. The lowest BCUT2D eigenvalue weighted by Gasteiger charge is -2.14. The molecule has 6 nitrogen and oxygen atoms in total. The van der Waals surface area contributed by atoms with Crippen molar-refractivity contribution in [2.75, 3.05) is 31.3 Å². The Morgan fingerprint density at radius 3 is 2.81 bits per heavy atom. The summed E-state index contributed by atoms with van der Waals surface area (Å²) in [5.74, 6) is 0.0269. The number of hydrogen-bond donors (Lipinski definition) is 1. The summed E-state index contributed by atoms with van der Waals surface area (Å²) in [7, 11) is 1.29. The number of carbonyl (C=O) groups is 3. The largest absolute Gasteiger partial charge is 0.465 e. The Morgan fingerprint density at radius 1 is 1.38 bits per heavy atom. The average molecular weight is 308 g/mol. The van der Waals surface area contributed by atoms with Crippen LogP contribution in [0.15, 0.2) is 24.3 Å². The van der Waals surface area contributed by atoms with E-state index in [2.05, 4.69) is 10.1 Å². The maximum absolute atomic E-state index is 11.9. The quantitative estimate of drug-likeness (QED) is 0.842. The summed E-state index contributed by atoms with van der Waals surface area (Å²) in [6.45, 7) is 1.06. The number of methoxy groups -OCH3 is 1. The maximum Gasteiger partial charge on any atom is 0.339 e. The number of nitrogens with one attached hydrogen (secondary N) is 1. The van der Waals surface area contributed by atoms with Crippen LogP contribution in [-0.4, -0.2) is 48.0 Å². The molecule has 2 amide bonds. The van der Waals surface area contributed by atoms with E-state index in [0.717, 1.165) is 5.75 Å². The summed E-state index contributed by atoms with van der Waals surface area (Å²) < 4.78 is 4.67. The zero-order chi connectivity index (χ0) is 15.2. The fourth-order valence-corrected chi connectivity index (χ4v) is 2.81. The van der Waals surface area contributed by atoms with Crippen LogP contribution in [0.4, 0.5) is 10.5 Å². The van der Waals surface area contributed by atoms with Crippen molar-refractivity contribution in [1.29, 1.82) is 0 Å². The van der Waals surface area contributed by atoms with Crippen LogP contribution in [0.25, 0.3) is 0 Å². The Morgan fingerprint density at radius 2 is 2.14 bits per heavy atom. The highest BCUT2D eigenvalue weighted by Gasteiger charge is 2.21. The van der Waals surface area contributed by atoms with Crippen LogP contribution in [0.2, 0.25) is 0 Å². The minimum atomic E-state index is -0.503. The van der Waals surface area contributed by atoms with Gasteiger partial charge in [-0.1, -0.05) is 23.9 Å². The van der Waals surface area contributed by atoms with E-state index in [-0.39, 0.29) is 17.6 Å². The fraction of sp³-hybridized carbons (Fsp3) is 0.357. The van der Waals surface area contributed by atoms with Gasteiger partial charge >= 0.3 is 5.97 Å². The predicted molar refractivity (Wildman–Crippen MR) is 80.5 cm³/mol. The van der Waals surface area contributed by atoms with Crippen LogP contribution in [0, 0.1) is 0 Å². The van der Waals surface area contributed by atoms with Crippen molar-refractivity contribution >= 4 is 34.6 Å². The summed E-state index contributed by atoms with van der Waals surface area (Å²) in [6, 6.07) is 6.65. The monoisotopic (exact) mass is 308 g/mol. The first-order valence-electron chi connectivity index (χ1n) is 6.50. The number of thioether (sulfide) groups is 1. The number of benzene rings is 1. The molecule has 1 fully saturated rings. The Bertz CT molecular complexity index is 562. The van der Waals surface area contributed by atoms with Gasteiger partial charge in [0.2, 0.25) is 5.91 Å². The van der Waals surface area contributed by atoms with E-state index in [1.807, 2.05) is 0 Å². The predicted octanol–water partition coefficient (Wildman–Crippen LogP) is 1.97. The molecular formula is C14H16N2O4S. The van der Waals surface area contributed by atoms with Crippen molar-refractivity contribution in [3.63, 3.8) is 0 Å². The molecule has 0 unspecified atom stereocenters. The van der Waals surface area contributed by atoms with Crippen LogP contribution in [0.1, 0.15) is 16.8 Å². The molecule has 1 aromatic rings. The zero-order valence-electron chi connectivity index (χ0n) is 11.6. The number of carbonyl (C=O) groups excluding carboxylic acids is 3. The van der Waals surface area contributed by atoms with Crippen LogP contribution in [-0.2, 0) is 9.53 Å². The van der Waals surface area contributed by atoms with E-state index >= 15 is 0 Å². The molecule has 0 aromatic heterocycles. The number of esters is 1. The minimum absolute atomic E-state index is 0.0118. The van der Waals surface area contributed by atoms with Gasteiger partial charge in [-0.15, -0.1) is 0 Å². The van der Waals surface area contributed by atoms with Gasteiger partial charge < -0.3 is 15.0 Å². The zero-order valence-corrected chi connectivity index (χ0v) is 12.4. The number of rotatable bonds is 5. The molecule has 0 saturated carbocycles. The second kappa shape index (κ2) is 7.12. The summed E-state index contributed by atoms with van der Waals surface area (Å²) in [6.07, 6.45) is 0.196. The third kappa shape index (κ3) is 3.98. The number of anilines is 1. The average Bonchev–Trinajstić information content (AvgIpc) is 2.90. The van der Waals surface area contributed by atoms with E-state index in [0.29, 0.717) is 24.3 Å². The molecule has 1 saturated heterocycles. The maximum atomic E-state index is 11.9. The molecule has 0 radical (unpaired) electrons. The Balaban J connectivity index is 1.93. The summed E-state index contributed by atoms with van der Waals surface area (Å²) in [5, 5.41) is 2.69. The summed E-state index contributed by atoms with van der Waals surface area (Å²) >= 11 is 1.26. The van der Waals surface area contributed by atoms with Crippen molar-refractivity contribution in [3.8, 4) is 0 Å². The van der Waals surface area contributed by atoms with E-state index in [4.69, 9.17) is 0 Å². The third-order valence-corrected chi connectivity index (χ3v) is 3.95. The molecule has 21 heavy (non-hydrogen) atoms. The Hall–Kier alpha value is -2.02. The lowest BCUT2D eigenvalue weighted by molar-refractivity contribution is -0.116. The standard InChI is InChI=1S/C14H16N2O4S/c1-20-13(18)10-4-2-3-5-11(10)15-12(17)6-7-16-8-9-21-14(16)19/h2-5H,6-9H2,1H3,(H,15,17). The van der Waals surface area contributed by atoms with Gasteiger partial charge in [-0.2, -0.15) is 0 Å². The fourth-order valence-electron chi connectivity index (χ4n) is 1.96. The van der Waals surface area contributed by atoms with Gasteiger partial charge in [0.1, 0.15) is 0 Å². The lowest BCUT2D eigenvalue weighted by Crippen LogP contribution is -2.28. The smallest absolute Gasteiger partial charge is 0.339 e. The van der Waals surface area contributed by atoms with Gasteiger partial charge in [0, 0.05) is 25.3 Å². The highest BCUT2D eigenvalue weighted by molar-refractivity contribution is 8.13. The van der Waals surface area contributed by atoms with E-state index in [1.165, 1.54) is 18.9 Å². The topological polar surface area (TPSA) is 75.7 Å². The molecule has 1 aromatic carbocycles. The molecule has 7 heteroatoms. The van der Waals surface area contributed by atoms with Crippen LogP contribution in [0.3, 0.4) is 0 Å². The van der Waals surface area contributed by atoms with Crippen molar-refractivity contribution in [1.82, 2.24) is 4.90 Å². The number of nitrogens with zero attached hydrogens (tertiary/aromatic N) is 1. The van der Waals surface area contributed by atoms with Gasteiger partial charge in [0.15, 0.2) is 0 Å². The first-order valence-corrected chi connectivity index (χ1v) is 7.49. The summed E-state index contributed by atoms with van der Waals surface area (Å²) in [4.78, 5) is 36.6. The molecule has 0 spiro atoms. The number of hydrogen-bond acceptors (Lipinski definition) is 5. The van der Waals surface area contributed by atoms with Crippen molar-refractivity contribution < 1.29 is 19.1 Å². The molecular weight excluding hydrogens is 292 g/mol. The molecule has 0 atom stereocenters. The molecule has 0 bridgehead atoms. The van der Waals surface area contributed by atoms with Gasteiger partial charge in [0.25, 0.3) is 5.24 Å². The first kappa shape index (κ1) is 15.4. The molecule has 1 aliphatic rings. The molecule has 2 rings (SSSR count).